The van der Waals surface area contributed by atoms with Gasteiger partial charge in [-0.2, -0.15) is 0 Å². The highest BCUT2D eigenvalue weighted by Crippen LogP contribution is 2.28. The van der Waals surface area contributed by atoms with Gasteiger partial charge in [0.2, 0.25) is 0 Å². The van der Waals surface area contributed by atoms with Crippen molar-refractivity contribution in [2.24, 2.45) is 0 Å². The molecule has 0 bridgehead atoms. The van der Waals surface area contributed by atoms with Crippen LogP contribution in [0.1, 0.15) is 31.1 Å². The molecule has 0 aliphatic heterocycles. The van der Waals surface area contributed by atoms with Crippen LogP contribution in [0.4, 0.5) is 4.39 Å². The predicted octanol–water partition coefficient (Wildman–Crippen LogP) is 2.85. The normalized spacial score (nSPS) is 11.5. The lowest BCUT2D eigenvalue weighted by Gasteiger charge is -2.16. The topological polar surface area (TPSA) is 85.9 Å². The molecule has 2 aromatic carbocycles. The Labute approximate surface area is 162 Å². The zero-order valence-corrected chi connectivity index (χ0v) is 16.1. The van der Waals surface area contributed by atoms with Crippen molar-refractivity contribution >= 4 is 11.8 Å². The first kappa shape index (κ1) is 21.0. The summed E-state index contributed by atoms with van der Waals surface area (Å²) in [5, 5.41) is 0. The minimum atomic E-state index is -0.901. The molecule has 2 aromatic rings. The number of rotatable bonds is 7. The standard InChI is InChI=1S/C20H23FN2O5/c1-12(2)27-17-10-5-14(11-18(17)26-4)20(25)23-22-19(24)13(3)28-16-8-6-15(21)7-9-16/h5-13H,1-4H3,(H,22,24)(H,23,25). The molecule has 2 rings (SSSR count). The Morgan fingerprint density at radius 3 is 2.21 bits per heavy atom. The maximum atomic E-state index is 12.9. The van der Waals surface area contributed by atoms with Crippen LogP contribution < -0.4 is 25.1 Å². The van der Waals surface area contributed by atoms with E-state index in [0.717, 1.165) is 0 Å². The largest absolute Gasteiger partial charge is 0.493 e. The quantitative estimate of drug-likeness (QED) is 0.710. The second-order valence-corrected chi connectivity index (χ2v) is 6.19. The summed E-state index contributed by atoms with van der Waals surface area (Å²) in [7, 11) is 1.47. The second kappa shape index (κ2) is 9.59. The molecule has 0 fully saturated rings. The molecule has 0 spiro atoms. The van der Waals surface area contributed by atoms with Gasteiger partial charge in [-0.15, -0.1) is 0 Å². The number of ether oxygens (including phenoxy) is 3. The minimum absolute atomic E-state index is 0.0459. The van der Waals surface area contributed by atoms with E-state index >= 15 is 0 Å². The van der Waals surface area contributed by atoms with Crippen LogP contribution in [-0.4, -0.2) is 31.1 Å². The zero-order chi connectivity index (χ0) is 20.7. The third-order valence-corrected chi connectivity index (χ3v) is 3.58. The molecule has 1 unspecified atom stereocenters. The number of hydrogen-bond donors (Lipinski definition) is 2. The molecule has 0 heterocycles. The molecule has 0 aliphatic rings. The number of hydrogen-bond acceptors (Lipinski definition) is 5. The fraction of sp³-hybridized carbons (Fsp3) is 0.300. The fourth-order valence-corrected chi connectivity index (χ4v) is 2.22. The molecular weight excluding hydrogens is 367 g/mol. The van der Waals surface area contributed by atoms with Crippen molar-refractivity contribution in [3.8, 4) is 17.2 Å². The second-order valence-electron chi connectivity index (χ2n) is 6.19. The molecule has 7 nitrogen and oxygen atoms in total. The van der Waals surface area contributed by atoms with Crippen molar-refractivity contribution in [1.82, 2.24) is 10.9 Å². The van der Waals surface area contributed by atoms with E-state index in [9.17, 15) is 14.0 Å². The van der Waals surface area contributed by atoms with Gasteiger partial charge in [0.25, 0.3) is 11.8 Å². The molecule has 2 amide bonds. The highest BCUT2D eigenvalue weighted by atomic mass is 19.1. The molecular formula is C20H23FN2O5. The molecule has 150 valence electrons. The van der Waals surface area contributed by atoms with Gasteiger partial charge in [-0.05, 0) is 63.2 Å². The first-order valence-electron chi connectivity index (χ1n) is 8.67. The van der Waals surface area contributed by atoms with E-state index in [1.54, 1.807) is 12.1 Å². The van der Waals surface area contributed by atoms with Crippen LogP contribution in [0.15, 0.2) is 42.5 Å². The van der Waals surface area contributed by atoms with Crippen LogP contribution in [0, 0.1) is 5.82 Å². The van der Waals surface area contributed by atoms with Crippen LogP contribution in [0.3, 0.4) is 0 Å². The van der Waals surface area contributed by atoms with Gasteiger partial charge < -0.3 is 14.2 Å². The Kier molecular flexibility index (Phi) is 7.20. The smallest absolute Gasteiger partial charge is 0.279 e. The van der Waals surface area contributed by atoms with Crippen molar-refractivity contribution in [2.45, 2.75) is 33.0 Å². The number of nitrogens with one attached hydrogen (secondary N) is 2. The molecule has 2 N–H and O–H groups in total. The van der Waals surface area contributed by atoms with Crippen molar-refractivity contribution in [3.05, 3.63) is 53.8 Å². The van der Waals surface area contributed by atoms with Crippen molar-refractivity contribution in [3.63, 3.8) is 0 Å². The van der Waals surface area contributed by atoms with Gasteiger partial charge >= 0.3 is 0 Å². The van der Waals surface area contributed by atoms with Crippen LogP contribution in [-0.2, 0) is 4.79 Å². The molecule has 8 heteroatoms. The molecule has 0 saturated carbocycles. The highest BCUT2D eigenvalue weighted by Gasteiger charge is 2.17. The molecule has 0 aromatic heterocycles. The maximum Gasteiger partial charge on any atom is 0.279 e. The van der Waals surface area contributed by atoms with Gasteiger partial charge in [-0.1, -0.05) is 0 Å². The SMILES string of the molecule is COc1cc(C(=O)NNC(=O)C(C)Oc2ccc(F)cc2)ccc1OC(C)C. The van der Waals surface area contributed by atoms with E-state index in [-0.39, 0.29) is 11.7 Å². The highest BCUT2D eigenvalue weighted by molar-refractivity contribution is 5.96. The van der Waals surface area contributed by atoms with E-state index in [2.05, 4.69) is 10.9 Å². The number of amides is 2. The summed E-state index contributed by atoms with van der Waals surface area (Å²) < 4.78 is 29.1. The maximum absolute atomic E-state index is 12.9. The number of carbonyl (C=O) groups excluding carboxylic acids is 2. The van der Waals surface area contributed by atoms with Gasteiger partial charge in [-0.3, -0.25) is 20.4 Å². The van der Waals surface area contributed by atoms with Gasteiger partial charge in [0, 0.05) is 5.56 Å². The molecule has 0 radical (unpaired) electrons. The van der Waals surface area contributed by atoms with Crippen molar-refractivity contribution in [2.75, 3.05) is 7.11 Å². The fourth-order valence-electron chi connectivity index (χ4n) is 2.22. The average molecular weight is 390 g/mol. The lowest BCUT2D eigenvalue weighted by Crippen LogP contribution is -2.47. The Balaban J connectivity index is 1.93. The lowest BCUT2D eigenvalue weighted by molar-refractivity contribution is -0.128. The number of carbonyl (C=O) groups is 2. The third-order valence-electron chi connectivity index (χ3n) is 3.58. The van der Waals surface area contributed by atoms with E-state index < -0.39 is 23.7 Å². The van der Waals surface area contributed by atoms with E-state index in [1.165, 1.54) is 44.4 Å². The summed E-state index contributed by atoms with van der Waals surface area (Å²) in [5.74, 6) is -0.251. The number of halogens is 1. The summed E-state index contributed by atoms with van der Waals surface area (Å²) in [5.41, 5.74) is 4.88. The Morgan fingerprint density at radius 1 is 0.929 bits per heavy atom. The van der Waals surface area contributed by atoms with Gasteiger partial charge in [-0.25, -0.2) is 4.39 Å². The summed E-state index contributed by atoms with van der Waals surface area (Å²) in [6.07, 6.45) is -0.947. The Bertz CT molecular complexity index is 824. The molecule has 1 atom stereocenters. The molecule has 0 saturated heterocycles. The Hall–Kier alpha value is -3.29. The Morgan fingerprint density at radius 2 is 1.61 bits per heavy atom. The van der Waals surface area contributed by atoms with Gasteiger partial charge in [0.05, 0.1) is 13.2 Å². The summed E-state index contributed by atoms with van der Waals surface area (Å²) >= 11 is 0. The first-order chi connectivity index (χ1) is 13.3. The monoisotopic (exact) mass is 390 g/mol. The van der Waals surface area contributed by atoms with Crippen LogP contribution in [0.5, 0.6) is 17.2 Å². The summed E-state index contributed by atoms with van der Waals surface area (Å²) in [6, 6.07) is 9.95. The van der Waals surface area contributed by atoms with E-state index in [0.29, 0.717) is 17.2 Å². The van der Waals surface area contributed by atoms with E-state index in [4.69, 9.17) is 14.2 Å². The van der Waals surface area contributed by atoms with Crippen molar-refractivity contribution < 1.29 is 28.2 Å². The van der Waals surface area contributed by atoms with Gasteiger partial charge in [0.1, 0.15) is 11.6 Å². The van der Waals surface area contributed by atoms with Crippen LogP contribution in [0.25, 0.3) is 0 Å². The van der Waals surface area contributed by atoms with Crippen LogP contribution in [0.2, 0.25) is 0 Å². The first-order valence-corrected chi connectivity index (χ1v) is 8.67. The summed E-state index contributed by atoms with van der Waals surface area (Å²) in [4.78, 5) is 24.3. The van der Waals surface area contributed by atoms with Crippen LogP contribution >= 0.6 is 0 Å². The number of methoxy groups -OCH3 is 1. The summed E-state index contributed by atoms with van der Waals surface area (Å²) in [6.45, 7) is 5.27. The lowest BCUT2D eigenvalue weighted by atomic mass is 10.2. The zero-order valence-electron chi connectivity index (χ0n) is 16.1. The number of benzene rings is 2. The predicted molar refractivity (Wildman–Crippen MR) is 101 cm³/mol. The molecule has 28 heavy (non-hydrogen) atoms. The third kappa shape index (κ3) is 5.87. The van der Waals surface area contributed by atoms with E-state index in [1.807, 2.05) is 13.8 Å². The number of hydrazine groups is 1. The molecule has 0 aliphatic carbocycles. The average Bonchev–Trinajstić information content (AvgIpc) is 2.67. The minimum Gasteiger partial charge on any atom is -0.493 e. The van der Waals surface area contributed by atoms with Gasteiger partial charge in [0.15, 0.2) is 17.6 Å². The van der Waals surface area contributed by atoms with Crippen molar-refractivity contribution in [1.29, 1.82) is 0 Å².